The van der Waals surface area contributed by atoms with E-state index in [-0.39, 0.29) is 18.3 Å². The Bertz CT molecular complexity index is 317. The van der Waals surface area contributed by atoms with E-state index in [1.807, 2.05) is 20.8 Å². The Kier molecular flexibility index (Phi) is 6.94. The molecule has 1 aliphatic heterocycles. The zero-order valence-electron chi connectivity index (χ0n) is 14.0. The van der Waals surface area contributed by atoms with Crippen molar-refractivity contribution in [1.29, 1.82) is 0 Å². The summed E-state index contributed by atoms with van der Waals surface area (Å²) >= 11 is 0. The molecule has 0 radical (unpaired) electrons. The summed E-state index contributed by atoms with van der Waals surface area (Å²) in [5, 5.41) is 8.74. The minimum absolute atomic E-state index is 0.141. The first-order valence-corrected chi connectivity index (χ1v) is 7.98. The molecule has 1 fully saturated rings. The zero-order chi connectivity index (χ0) is 15.9. The number of aliphatic hydroxyl groups is 1. The van der Waals surface area contributed by atoms with E-state index in [4.69, 9.17) is 14.6 Å². The van der Waals surface area contributed by atoms with Gasteiger partial charge in [0.15, 0.2) is 0 Å². The van der Waals surface area contributed by atoms with Crippen molar-refractivity contribution >= 4 is 6.09 Å². The lowest BCUT2D eigenvalue weighted by molar-refractivity contribution is -0.0735. The van der Waals surface area contributed by atoms with Gasteiger partial charge in [-0.15, -0.1) is 0 Å². The highest BCUT2D eigenvalue weighted by Crippen LogP contribution is 2.27. The molecule has 0 aromatic rings. The third-order valence-electron chi connectivity index (χ3n) is 3.73. The highest BCUT2D eigenvalue weighted by molar-refractivity contribution is 5.68. The van der Waals surface area contributed by atoms with Crippen LogP contribution in [-0.2, 0) is 9.47 Å². The van der Waals surface area contributed by atoms with Crippen LogP contribution in [0.1, 0.15) is 59.8 Å². The molecular formula is C16H31NO4. The molecule has 21 heavy (non-hydrogen) atoms. The minimum atomic E-state index is -0.443. The van der Waals surface area contributed by atoms with Crippen molar-refractivity contribution in [1.82, 2.24) is 4.90 Å². The Balaban J connectivity index is 2.28. The summed E-state index contributed by atoms with van der Waals surface area (Å²) in [5.74, 6) is 0. The van der Waals surface area contributed by atoms with Crippen LogP contribution in [0, 0.1) is 0 Å². The standard InChI is InChI=1S/C16H31NO4/c1-15(2,3)21-14(19)17-10-8-16(4,9-11-17)20-13-7-5-6-12-18/h18H,5-13H2,1-4H3. The molecule has 5 heteroatoms. The third-order valence-corrected chi connectivity index (χ3v) is 3.73. The summed E-state index contributed by atoms with van der Waals surface area (Å²) in [6.45, 7) is 10.1. The van der Waals surface area contributed by atoms with Gasteiger partial charge in [0.2, 0.25) is 0 Å². The monoisotopic (exact) mass is 301 g/mol. The highest BCUT2D eigenvalue weighted by atomic mass is 16.6. The molecule has 0 saturated carbocycles. The molecule has 1 heterocycles. The number of hydrogen-bond acceptors (Lipinski definition) is 4. The van der Waals surface area contributed by atoms with Crippen LogP contribution >= 0.6 is 0 Å². The minimum Gasteiger partial charge on any atom is -0.444 e. The van der Waals surface area contributed by atoms with Gasteiger partial charge in [-0.3, -0.25) is 0 Å². The number of carbonyl (C=O) groups is 1. The average Bonchev–Trinajstić information content (AvgIpc) is 2.37. The van der Waals surface area contributed by atoms with Gasteiger partial charge < -0.3 is 19.5 Å². The fourth-order valence-corrected chi connectivity index (χ4v) is 2.34. The normalized spacial score (nSPS) is 18.6. The third kappa shape index (κ3) is 7.14. The van der Waals surface area contributed by atoms with Gasteiger partial charge in [-0.05, 0) is 59.8 Å². The second-order valence-electron chi connectivity index (χ2n) is 7.05. The molecule has 0 bridgehead atoms. The molecule has 1 N–H and O–H groups in total. The van der Waals surface area contributed by atoms with Gasteiger partial charge in [0.25, 0.3) is 0 Å². The predicted octanol–water partition coefficient (Wildman–Crippen LogP) is 2.96. The second kappa shape index (κ2) is 7.99. The first-order valence-electron chi connectivity index (χ1n) is 7.98. The molecule has 0 atom stereocenters. The fraction of sp³-hybridized carbons (Fsp3) is 0.938. The van der Waals surface area contributed by atoms with Crippen LogP contribution in [0.3, 0.4) is 0 Å². The van der Waals surface area contributed by atoms with Gasteiger partial charge >= 0.3 is 6.09 Å². The van der Waals surface area contributed by atoms with Gasteiger partial charge in [0.05, 0.1) is 5.60 Å². The smallest absolute Gasteiger partial charge is 0.410 e. The maximum Gasteiger partial charge on any atom is 0.410 e. The molecule has 0 aromatic heterocycles. The van der Waals surface area contributed by atoms with Crippen molar-refractivity contribution in [3.8, 4) is 0 Å². The number of hydrogen-bond donors (Lipinski definition) is 1. The summed E-state index contributed by atoms with van der Waals surface area (Å²) in [6.07, 6.45) is 4.26. The van der Waals surface area contributed by atoms with E-state index < -0.39 is 5.60 Å². The van der Waals surface area contributed by atoms with Crippen molar-refractivity contribution in [2.45, 2.75) is 71.0 Å². The lowest BCUT2D eigenvalue weighted by Gasteiger charge is -2.39. The number of aliphatic hydroxyl groups excluding tert-OH is 1. The highest BCUT2D eigenvalue weighted by Gasteiger charge is 2.34. The summed E-state index contributed by atoms with van der Waals surface area (Å²) < 4.78 is 11.4. The number of nitrogens with zero attached hydrogens (tertiary/aromatic N) is 1. The zero-order valence-corrected chi connectivity index (χ0v) is 14.0. The first-order chi connectivity index (χ1) is 9.76. The average molecular weight is 301 g/mol. The summed E-state index contributed by atoms with van der Waals surface area (Å²) in [7, 11) is 0. The Labute approximate surface area is 128 Å². The van der Waals surface area contributed by atoms with Crippen LogP contribution in [0.15, 0.2) is 0 Å². The van der Waals surface area contributed by atoms with E-state index >= 15 is 0 Å². The van der Waals surface area contributed by atoms with Gasteiger partial charge in [0, 0.05) is 26.3 Å². The lowest BCUT2D eigenvalue weighted by atomic mass is 9.93. The molecule has 1 saturated heterocycles. The van der Waals surface area contributed by atoms with Gasteiger partial charge in [-0.2, -0.15) is 0 Å². The molecular weight excluding hydrogens is 270 g/mol. The van der Waals surface area contributed by atoms with Crippen molar-refractivity contribution in [2.75, 3.05) is 26.3 Å². The van der Waals surface area contributed by atoms with Crippen molar-refractivity contribution in [3.05, 3.63) is 0 Å². The molecule has 1 amide bonds. The maximum atomic E-state index is 12.0. The van der Waals surface area contributed by atoms with Gasteiger partial charge in [-0.25, -0.2) is 4.79 Å². The molecule has 0 unspecified atom stereocenters. The van der Waals surface area contributed by atoms with Crippen LogP contribution in [0.25, 0.3) is 0 Å². The van der Waals surface area contributed by atoms with Crippen LogP contribution in [0.4, 0.5) is 4.79 Å². The molecule has 1 aliphatic rings. The Morgan fingerprint density at radius 2 is 1.81 bits per heavy atom. The van der Waals surface area contributed by atoms with E-state index in [0.29, 0.717) is 13.1 Å². The van der Waals surface area contributed by atoms with Crippen LogP contribution in [0.5, 0.6) is 0 Å². The maximum absolute atomic E-state index is 12.0. The summed E-state index contributed by atoms with van der Waals surface area (Å²) in [6, 6.07) is 0. The quantitative estimate of drug-likeness (QED) is 0.766. The number of amides is 1. The van der Waals surface area contributed by atoms with Crippen LogP contribution < -0.4 is 0 Å². The van der Waals surface area contributed by atoms with E-state index in [0.717, 1.165) is 38.7 Å². The Morgan fingerprint density at radius 1 is 1.19 bits per heavy atom. The molecule has 1 rings (SSSR count). The molecule has 5 nitrogen and oxygen atoms in total. The summed E-state index contributed by atoms with van der Waals surface area (Å²) in [4.78, 5) is 13.8. The van der Waals surface area contributed by atoms with Gasteiger partial charge in [-0.1, -0.05) is 0 Å². The Morgan fingerprint density at radius 3 is 2.33 bits per heavy atom. The first kappa shape index (κ1) is 18.2. The predicted molar refractivity (Wildman–Crippen MR) is 82.3 cm³/mol. The van der Waals surface area contributed by atoms with E-state index in [9.17, 15) is 4.79 Å². The molecule has 0 aromatic carbocycles. The van der Waals surface area contributed by atoms with Crippen LogP contribution in [-0.4, -0.2) is 53.6 Å². The Hall–Kier alpha value is -0.810. The van der Waals surface area contributed by atoms with Gasteiger partial charge in [0.1, 0.15) is 5.60 Å². The molecule has 0 aliphatic carbocycles. The van der Waals surface area contributed by atoms with E-state index in [1.165, 1.54) is 0 Å². The molecule has 0 spiro atoms. The molecule has 124 valence electrons. The van der Waals surface area contributed by atoms with E-state index in [1.54, 1.807) is 4.90 Å². The lowest BCUT2D eigenvalue weighted by Crippen LogP contribution is -2.48. The van der Waals surface area contributed by atoms with E-state index in [2.05, 4.69) is 6.92 Å². The second-order valence-corrected chi connectivity index (χ2v) is 7.05. The fourth-order valence-electron chi connectivity index (χ4n) is 2.34. The number of carbonyl (C=O) groups excluding carboxylic acids is 1. The SMILES string of the molecule is CC(C)(C)OC(=O)N1CCC(C)(OCCCCCO)CC1. The van der Waals surface area contributed by atoms with Crippen molar-refractivity contribution in [2.24, 2.45) is 0 Å². The largest absolute Gasteiger partial charge is 0.444 e. The number of ether oxygens (including phenoxy) is 2. The van der Waals surface area contributed by atoms with Crippen molar-refractivity contribution in [3.63, 3.8) is 0 Å². The van der Waals surface area contributed by atoms with Crippen molar-refractivity contribution < 1.29 is 19.4 Å². The van der Waals surface area contributed by atoms with Crippen LogP contribution in [0.2, 0.25) is 0 Å². The number of likely N-dealkylation sites (tertiary alicyclic amines) is 1. The number of rotatable bonds is 6. The summed E-state index contributed by atoms with van der Waals surface area (Å²) in [5.41, 5.74) is -0.585. The topological polar surface area (TPSA) is 59.0 Å². The number of unbranched alkanes of at least 4 members (excludes halogenated alkanes) is 2. The number of piperidine rings is 1.